The van der Waals surface area contributed by atoms with Gasteiger partial charge >= 0.3 is 0 Å². The van der Waals surface area contributed by atoms with Crippen molar-refractivity contribution in [1.82, 2.24) is 0 Å². The average molecular weight is 241 g/mol. The standard InChI is InChI=1S/C12H7ClF2O/c13-9-2-1-3-11(16)12(9)8-6-7(14)4-5-10(8)15/h1-6,16H. The highest BCUT2D eigenvalue weighted by Crippen LogP contribution is 2.37. The molecule has 0 bridgehead atoms. The van der Waals surface area contributed by atoms with Crippen LogP contribution in [0.5, 0.6) is 5.75 Å². The molecule has 0 fully saturated rings. The minimum atomic E-state index is -0.634. The zero-order chi connectivity index (χ0) is 11.7. The molecule has 0 radical (unpaired) electrons. The van der Waals surface area contributed by atoms with Crippen LogP contribution in [0.1, 0.15) is 0 Å². The fourth-order valence-corrected chi connectivity index (χ4v) is 1.74. The summed E-state index contributed by atoms with van der Waals surface area (Å²) in [6.07, 6.45) is 0. The van der Waals surface area contributed by atoms with Crippen molar-refractivity contribution >= 4 is 11.6 Å². The van der Waals surface area contributed by atoms with Crippen LogP contribution >= 0.6 is 11.6 Å². The zero-order valence-electron chi connectivity index (χ0n) is 8.05. The van der Waals surface area contributed by atoms with E-state index in [9.17, 15) is 13.9 Å². The fraction of sp³-hybridized carbons (Fsp3) is 0. The van der Waals surface area contributed by atoms with Gasteiger partial charge in [-0.05, 0) is 30.3 Å². The predicted molar refractivity (Wildman–Crippen MR) is 58.5 cm³/mol. The van der Waals surface area contributed by atoms with E-state index in [-0.39, 0.29) is 21.9 Å². The van der Waals surface area contributed by atoms with E-state index in [1.165, 1.54) is 18.2 Å². The Bertz CT molecular complexity index is 520. The lowest BCUT2D eigenvalue weighted by Crippen LogP contribution is -1.88. The Labute approximate surface area is 95.9 Å². The molecule has 0 atom stereocenters. The van der Waals surface area contributed by atoms with Crippen LogP contribution < -0.4 is 0 Å². The van der Waals surface area contributed by atoms with Crippen LogP contribution in [0.4, 0.5) is 8.78 Å². The Balaban J connectivity index is 2.72. The topological polar surface area (TPSA) is 20.2 Å². The smallest absolute Gasteiger partial charge is 0.131 e. The molecule has 4 heteroatoms. The highest BCUT2D eigenvalue weighted by molar-refractivity contribution is 6.33. The molecule has 0 aliphatic rings. The van der Waals surface area contributed by atoms with Gasteiger partial charge in [-0.1, -0.05) is 17.7 Å². The number of phenolic OH excluding ortho intramolecular Hbond substituents is 1. The first-order chi connectivity index (χ1) is 7.59. The van der Waals surface area contributed by atoms with Gasteiger partial charge in [-0.3, -0.25) is 0 Å². The van der Waals surface area contributed by atoms with Crippen molar-refractivity contribution in [2.45, 2.75) is 0 Å². The van der Waals surface area contributed by atoms with E-state index in [4.69, 9.17) is 11.6 Å². The van der Waals surface area contributed by atoms with E-state index in [0.29, 0.717) is 0 Å². The van der Waals surface area contributed by atoms with Crippen molar-refractivity contribution in [1.29, 1.82) is 0 Å². The highest BCUT2D eigenvalue weighted by atomic mass is 35.5. The van der Waals surface area contributed by atoms with Crippen molar-refractivity contribution in [3.63, 3.8) is 0 Å². The van der Waals surface area contributed by atoms with Gasteiger partial charge in [-0.25, -0.2) is 8.78 Å². The van der Waals surface area contributed by atoms with Crippen LogP contribution in [0, 0.1) is 11.6 Å². The number of rotatable bonds is 1. The summed E-state index contributed by atoms with van der Waals surface area (Å²) in [7, 11) is 0. The first-order valence-electron chi connectivity index (χ1n) is 4.52. The molecule has 0 saturated heterocycles. The normalized spacial score (nSPS) is 10.4. The summed E-state index contributed by atoms with van der Waals surface area (Å²) in [6.45, 7) is 0. The highest BCUT2D eigenvalue weighted by Gasteiger charge is 2.13. The number of hydrogen-bond acceptors (Lipinski definition) is 1. The number of benzene rings is 2. The minimum Gasteiger partial charge on any atom is -0.507 e. The Morgan fingerprint density at radius 3 is 2.50 bits per heavy atom. The van der Waals surface area contributed by atoms with Crippen LogP contribution in [0.3, 0.4) is 0 Å². The molecular formula is C12H7ClF2O. The summed E-state index contributed by atoms with van der Waals surface area (Å²) in [4.78, 5) is 0. The molecule has 0 amide bonds. The quantitative estimate of drug-likeness (QED) is 0.799. The maximum Gasteiger partial charge on any atom is 0.131 e. The van der Waals surface area contributed by atoms with Gasteiger partial charge in [0.25, 0.3) is 0 Å². The Morgan fingerprint density at radius 2 is 1.81 bits per heavy atom. The van der Waals surface area contributed by atoms with E-state index < -0.39 is 11.6 Å². The van der Waals surface area contributed by atoms with Crippen LogP contribution in [-0.2, 0) is 0 Å². The first-order valence-corrected chi connectivity index (χ1v) is 4.90. The van der Waals surface area contributed by atoms with Crippen LogP contribution in [0.2, 0.25) is 5.02 Å². The van der Waals surface area contributed by atoms with E-state index >= 15 is 0 Å². The van der Waals surface area contributed by atoms with Crippen LogP contribution in [-0.4, -0.2) is 5.11 Å². The second-order valence-electron chi connectivity index (χ2n) is 3.26. The molecule has 2 rings (SSSR count). The number of hydrogen-bond donors (Lipinski definition) is 1. The summed E-state index contributed by atoms with van der Waals surface area (Å²) >= 11 is 5.84. The number of phenols is 1. The van der Waals surface area contributed by atoms with Crippen LogP contribution in [0.15, 0.2) is 36.4 Å². The Hall–Kier alpha value is -1.61. The molecule has 0 heterocycles. The molecule has 1 N–H and O–H groups in total. The summed E-state index contributed by atoms with van der Waals surface area (Å²) in [6, 6.07) is 7.39. The van der Waals surface area contributed by atoms with E-state index in [1.807, 2.05) is 0 Å². The van der Waals surface area contributed by atoms with Gasteiger partial charge in [-0.2, -0.15) is 0 Å². The number of aromatic hydroxyl groups is 1. The van der Waals surface area contributed by atoms with E-state index in [0.717, 1.165) is 18.2 Å². The lowest BCUT2D eigenvalue weighted by Gasteiger charge is -2.08. The van der Waals surface area contributed by atoms with Gasteiger partial charge < -0.3 is 5.11 Å². The summed E-state index contributed by atoms with van der Waals surface area (Å²) in [5.41, 5.74) is 0.0456. The van der Waals surface area contributed by atoms with E-state index in [2.05, 4.69) is 0 Å². The first kappa shape index (κ1) is 10.9. The molecule has 0 aromatic heterocycles. The van der Waals surface area contributed by atoms with Gasteiger partial charge in [0.05, 0.1) is 5.02 Å². The molecule has 0 saturated carbocycles. The molecule has 0 spiro atoms. The molecule has 16 heavy (non-hydrogen) atoms. The van der Waals surface area contributed by atoms with Crippen molar-refractivity contribution in [2.75, 3.05) is 0 Å². The number of halogens is 3. The molecule has 82 valence electrons. The Kier molecular flexibility index (Phi) is 2.79. The molecular weight excluding hydrogens is 234 g/mol. The largest absolute Gasteiger partial charge is 0.507 e. The molecule has 2 aromatic rings. The van der Waals surface area contributed by atoms with Crippen molar-refractivity contribution < 1.29 is 13.9 Å². The van der Waals surface area contributed by atoms with Gasteiger partial charge in [0.2, 0.25) is 0 Å². The lowest BCUT2D eigenvalue weighted by atomic mass is 10.0. The molecule has 1 nitrogen and oxygen atoms in total. The fourth-order valence-electron chi connectivity index (χ4n) is 1.47. The summed E-state index contributed by atoms with van der Waals surface area (Å²) in [5.74, 6) is -1.41. The maximum absolute atomic E-state index is 13.5. The lowest BCUT2D eigenvalue weighted by molar-refractivity contribution is 0.476. The van der Waals surface area contributed by atoms with Crippen molar-refractivity contribution in [3.05, 3.63) is 53.1 Å². The van der Waals surface area contributed by atoms with Gasteiger partial charge in [0.15, 0.2) is 0 Å². The van der Waals surface area contributed by atoms with E-state index in [1.54, 1.807) is 0 Å². The maximum atomic E-state index is 13.5. The van der Waals surface area contributed by atoms with Crippen molar-refractivity contribution in [3.8, 4) is 16.9 Å². The zero-order valence-corrected chi connectivity index (χ0v) is 8.80. The summed E-state index contributed by atoms with van der Waals surface area (Å²) < 4.78 is 26.5. The third-order valence-electron chi connectivity index (χ3n) is 2.19. The molecule has 0 unspecified atom stereocenters. The summed E-state index contributed by atoms with van der Waals surface area (Å²) in [5, 5.41) is 9.76. The van der Waals surface area contributed by atoms with Gasteiger partial charge in [-0.15, -0.1) is 0 Å². The van der Waals surface area contributed by atoms with Gasteiger partial charge in [0, 0.05) is 11.1 Å². The average Bonchev–Trinajstić information content (AvgIpc) is 2.23. The minimum absolute atomic E-state index is 0.0527. The second kappa shape index (κ2) is 4.10. The second-order valence-corrected chi connectivity index (χ2v) is 3.67. The third kappa shape index (κ3) is 1.86. The molecule has 2 aromatic carbocycles. The molecule has 0 aliphatic heterocycles. The monoisotopic (exact) mass is 240 g/mol. The third-order valence-corrected chi connectivity index (χ3v) is 2.50. The predicted octanol–water partition coefficient (Wildman–Crippen LogP) is 3.99. The Morgan fingerprint density at radius 1 is 1.06 bits per heavy atom. The van der Waals surface area contributed by atoms with Crippen molar-refractivity contribution in [2.24, 2.45) is 0 Å². The SMILES string of the molecule is Oc1cccc(Cl)c1-c1cc(F)ccc1F. The molecule has 0 aliphatic carbocycles. The van der Waals surface area contributed by atoms with Gasteiger partial charge in [0.1, 0.15) is 17.4 Å². The van der Waals surface area contributed by atoms with Crippen LogP contribution in [0.25, 0.3) is 11.1 Å².